The van der Waals surface area contributed by atoms with E-state index in [-0.39, 0.29) is 12.0 Å². The van der Waals surface area contributed by atoms with Crippen LogP contribution < -0.4 is 0 Å². The molecule has 1 aliphatic rings. The van der Waals surface area contributed by atoms with Crippen LogP contribution >= 0.6 is 0 Å². The Morgan fingerprint density at radius 2 is 1.55 bits per heavy atom. The highest BCUT2D eigenvalue weighted by atomic mass is 16.3. The predicted molar refractivity (Wildman–Crippen MR) is 130 cm³/mol. The summed E-state index contributed by atoms with van der Waals surface area (Å²) in [5.41, 5.74) is 6.04. The molecule has 6 rings (SSSR count). The van der Waals surface area contributed by atoms with Gasteiger partial charge in [-0.15, -0.1) is 5.10 Å². The molecule has 0 amide bonds. The maximum Gasteiger partial charge on any atom is 0.116 e. The van der Waals surface area contributed by atoms with E-state index in [4.69, 9.17) is 0 Å². The minimum atomic E-state index is -1.10. The van der Waals surface area contributed by atoms with Crippen LogP contribution in [0.1, 0.15) is 46.2 Å². The first-order chi connectivity index (χ1) is 16.1. The van der Waals surface area contributed by atoms with Crippen LogP contribution in [-0.4, -0.2) is 20.1 Å². The highest BCUT2D eigenvalue weighted by Gasteiger charge is 2.46. The highest BCUT2D eigenvalue weighted by Crippen LogP contribution is 2.52. The van der Waals surface area contributed by atoms with Gasteiger partial charge in [-0.25, -0.2) is 4.68 Å². The molecular formula is C29H25N3O. The lowest BCUT2D eigenvalue weighted by molar-refractivity contribution is 0.0454. The molecule has 0 bridgehead atoms. The zero-order valence-electron chi connectivity index (χ0n) is 18.5. The minimum absolute atomic E-state index is 0.0109. The number of hydrogen-bond donors (Lipinski definition) is 1. The second-order valence-corrected chi connectivity index (χ2v) is 9.01. The summed E-state index contributed by atoms with van der Waals surface area (Å²) < 4.78 is 2.05. The van der Waals surface area contributed by atoms with Crippen LogP contribution in [0.5, 0.6) is 0 Å². The van der Waals surface area contributed by atoms with Gasteiger partial charge in [0.25, 0.3) is 0 Å². The molecule has 0 spiro atoms. The molecule has 0 aliphatic heterocycles. The summed E-state index contributed by atoms with van der Waals surface area (Å²) in [5, 5.41) is 21.4. The average molecular weight is 432 g/mol. The van der Waals surface area contributed by atoms with E-state index in [0.29, 0.717) is 6.42 Å². The molecule has 33 heavy (non-hydrogen) atoms. The Labute approximate surface area is 193 Å². The van der Waals surface area contributed by atoms with Gasteiger partial charge in [-0.2, -0.15) is 0 Å². The van der Waals surface area contributed by atoms with Crippen molar-refractivity contribution in [1.29, 1.82) is 0 Å². The minimum Gasteiger partial charge on any atom is -0.380 e. The van der Waals surface area contributed by atoms with Crippen molar-refractivity contribution in [2.24, 2.45) is 0 Å². The third-order valence-electron chi connectivity index (χ3n) is 6.99. The number of para-hydroxylation sites is 1. The zero-order valence-corrected chi connectivity index (χ0v) is 18.5. The van der Waals surface area contributed by atoms with Crippen LogP contribution in [0.15, 0.2) is 103 Å². The van der Waals surface area contributed by atoms with Crippen molar-refractivity contribution in [2.75, 3.05) is 0 Å². The molecule has 4 aromatic carbocycles. The molecule has 162 valence electrons. The second kappa shape index (κ2) is 7.68. The number of fused-ring (bicyclic) bond motifs is 2. The number of aryl methyl sites for hydroxylation is 1. The van der Waals surface area contributed by atoms with Gasteiger partial charge in [-0.1, -0.05) is 102 Å². The smallest absolute Gasteiger partial charge is 0.116 e. The quantitative estimate of drug-likeness (QED) is 0.396. The summed E-state index contributed by atoms with van der Waals surface area (Å²) >= 11 is 0. The maximum absolute atomic E-state index is 12.3. The number of hydrogen-bond acceptors (Lipinski definition) is 3. The van der Waals surface area contributed by atoms with E-state index >= 15 is 0 Å². The van der Waals surface area contributed by atoms with Crippen molar-refractivity contribution >= 4 is 11.0 Å². The van der Waals surface area contributed by atoms with E-state index < -0.39 is 5.60 Å². The van der Waals surface area contributed by atoms with Crippen LogP contribution in [0, 0.1) is 6.92 Å². The fourth-order valence-corrected chi connectivity index (χ4v) is 5.43. The van der Waals surface area contributed by atoms with E-state index in [1.165, 1.54) is 5.56 Å². The second-order valence-electron chi connectivity index (χ2n) is 9.01. The van der Waals surface area contributed by atoms with Gasteiger partial charge in [0.05, 0.1) is 11.6 Å². The molecule has 1 N–H and O–H groups in total. The number of aromatic nitrogens is 3. The molecule has 0 radical (unpaired) electrons. The van der Waals surface area contributed by atoms with Crippen molar-refractivity contribution in [3.8, 4) is 0 Å². The Bertz CT molecular complexity index is 1430. The van der Waals surface area contributed by atoms with E-state index in [1.807, 2.05) is 59.3 Å². The molecule has 3 unspecified atom stereocenters. The van der Waals surface area contributed by atoms with Crippen LogP contribution in [0.2, 0.25) is 0 Å². The molecule has 1 aromatic heterocycles. The molecular weight excluding hydrogens is 406 g/mol. The largest absolute Gasteiger partial charge is 0.380 e. The Morgan fingerprint density at radius 1 is 0.848 bits per heavy atom. The number of aliphatic hydroxyl groups is 1. The van der Waals surface area contributed by atoms with Gasteiger partial charge in [0, 0.05) is 5.92 Å². The monoisotopic (exact) mass is 431 g/mol. The summed E-state index contributed by atoms with van der Waals surface area (Å²) in [6, 6.07) is 34.9. The summed E-state index contributed by atoms with van der Waals surface area (Å²) in [4.78, 5) is 0. The number of benzene rings is 4. The first-order valence-electron chi connectivity index (χ1n) is 11.4. The molecule has 4 nitrogen and oxygen atoms in total. The first kappa shape index (κ1) is 19.9. The lowest BCUT2D eigenvalue weighted by Gasteiger charge is -2.44. The van der Waals surface area contributed by atoms with Crippen LogP contribution in [0.3, 0.4) is 0 Å². The first-order valence-corrected chi connectivity index (χ1v) is 11.4. The fraction of sp³-hybridized carbons (Fsp3) is 0.172. The van der Waals surface area contributed by atoms with Gasteiger partial charge in [0.15, 0.2) is 0 Å². The molecule has 5 aromatic rings. The molecule has 1 heterocycles. The van der Waals surface area contributed by atoms with Gasteiger partial charge in [0.1, 0.15) is 11.1 Å². The fourth-order valence-electron chi connectivity index (χ4n) is 5.43. The molecule has 0 saturated heterocycles. The number of rotatable bonds is 3. The van der Waals surface area contributed by atoms with E-state index in [9.17, 15) is 5.11 Å². The molecule has 0 saturated carbocycles. The van der Waals surface area contributed by atoms with Crippen molar-refractivity contribution in [3.63, 3.8) is 0 Å². The zero-order chi connectivity index (χ0) is 22.4. The lowest BCUT2D eigenvalue weighted by atomic mass is 9.66. The maximum atomic E-state index is 12.3. The van der Waals surface area contributed by atoms with Crippen LogP contribution in [0.25, 0.3) is 11.0 Å². The Morgan fingerprint density at radius 3 is 2.33 bits per heavy atom. The third-order valence-corrected chi connectivity index (χ3v) is 6.99. The van der Waals surface area contributed by atoms with Gasteiger partial charge < -0.3 is 5.11 Å². The van der Waals surface area contributed by atoms with E-state index in [0.717, 1.165) is 33.3 Å². The van der Waals surface area contributed by atoms with Crippen molar-refractivity contribution < 1.29 is 5.11 Å². The van der Waals surface area contributed by atoms with Gasteiger partial charge >= 0.3 is 0 Å². The van der Waals surface area contributed by atoms with Crippen molar-refractivity contribution in [2.45, 2.75) is 30.9 Å². The molecule has 1 aliphatic carbocycles. The van der Waals surface area contributed by atoms with Gasteiger partial charge in [0.2, 0.25) is 0 Å². The van der Waals surface area contributed by atoms with E-state index in [2.05, 4.69) is 65.8 Å². The van der Waals surface area contributed by atoms with Crippen molar-refractivity contribution in [1.82, 2.24) is 15.0 Å². The molecule has 3 atom stereocenters. The Hall–Kier alpha value is -3.76. The average Bonchev–Trinajstić information content (AvgIpc) is 3.29. The van der Waals surface area contributed by atoms with Crippen molar-refractivity contribution in [3.05, 3.63) is 131 Å². The highest BCUT2D eigenvalue weighted by molar-refractivity contribution is 5.74. The lowest BCUT2D eigenvalue weighted by Crippen LogP contribution is -2.39. The summed E-state index contributed by atoms with van der Waals surface area (Å²) in [5.74, 6) is 0.0109. The predicted octanol–water partition coefficient (Wildman–Crippen LogP) is 5.75. The Kier molecular flexibility index (Phi) is 4.63. The van der Waals surface area contributed by atoms with Gasteiger partial charge in [-0.3, -0.25) is 0 Å². The van der Waals surface area contributed by atoms with E-state index in [1.54, 1.807) is 0 Å². The standard InChI is InChI=1S/C29H25N3O/c1-20-16-17-23-25(18-20)29(33,22-12-6-3-7-13-22)19-24(21-10-4-2-5-11-21)28(23)32-27-15-9-8-14-26(27)30-31-32/h2-18,24,28,33H,19H2,1H3. The molecule has 0 fully saturated rings. The van der Waals surface area contributed by atoms with Crippen LogP contribution in [-0.2, 0) is 5.60 Å². The summed E-state index contributed by atoms with van der Waals surface area (Å²) in [6.45, 7) is 2.08. The normalized spacial score (nSPS) is 22.2. The van der Waals surface area contributed by atoms with Crippen LogP contribution in [0.4, 0.5) is 0 Å². The Balaban J connectivity index is 1.65. The third kappa shape index (κ3) is 3.18. The summed E-state index contributed by atoms with van der Waals surface area (Å²) in [7, 11) is 0. The SMILES string of the molecule is Cc1ccc2c(c1)C(O)(c1ccccc1)CC(c1ccccc1)C2n1nnc2ccccc21. The van der Waals surface area contributed by atoms with Gasteiger partial charge in [-0.05, 0) is 47.7 Å². The molecule has 4 heteroatoms. The number of nitrogens with zero attached hydrogens (tertiary/aromatic N) is 3. The summed E-state index contributed by atoms with van der Waals surface area (Å²) in [6.07, 6.45) is 0.552. The topological polar surface area (TPSA) is 50.9 Å².